The minimum atomic E-state index is -0.433. The summed E-state index contributed by atoms with van der Waals surface area (Å²) in [4.78, 5) is 26.8. The Kier molecular flexibility index (Phi) is 6.51. The van der Waals surface area contributed by atoms with E-state index in [0.717, 1.165) is 38.5 Å². The van der Waals surface area contributed by atoms with Crippen LogP contribution in [0.5, 0.6) is 0 Å². The predicted octanol–water partition coefficient (Wildman–Crippen LogP) is 5.34. The molecule has 182 valence electrons. The number of fused-ring (bicyclic) bond motifs is 2. The zero-order valence-corrected chi connectivity index (χ0v) is 19.8. The fourth-order valence-electron chi connectivity index (χ4n) is 4.53. The van der Waals surface area contributed by atoms with Gasteiger partial charge in [0.05, 0.1) is 4.92 Å². The van der Waals surface area contributed by atoms with Gasteiger partial charge in [0.25, 0.3) is 11.6 Å². The molecule has 2 heterocycles. The number of benzene rings is 3. The number of aromatic nitrogens is 2. The number of carbonyl (C=O) groups is 1. The Morgan fingerprint density at radius 2 is 1.86 bits per heavy atom. The first-order valence-corrected chi connectivity index (χ1v) is 11.8. The van der Waals surface area contributed by atoms with Crippen LogP contribution in [0.1, 0.15) is 16.7 Å². The number of non-ortho nitro benzene ring substituents is 1. The fraction of sp³-hybridized carbons (Fsp3) is 0.103. The van der Waals surface area contributed by atoms with E-state index in [1.54, 1.807) is 18.2 Å². The van der Waals surface area contributed by atoms with Gasteiger partial charge >= 0.3 is 0 Å². The lowest BCUT2D eigenvalue weighted by molar-refractivity contribution is -0.384. The Morgan fingerprint density at radius 1 is 1.08 bits per heavy atom. The van der Waals surface area contributed by atoms with E-state index in [4.69, 9.17) is 0 Å². The molecular formula is C29H23N5O3. The van der Waals surface area contributed by atoms with E-state index in [-0.39, 0.29) is 11.3 Å². The second-order valence-electron chi connectivity index (χ2n) is 8.69. The lowest BCUT2D eigenvalue weighted by Gasteiger charge is -2.05. The monoisotopic (exact) mass is 489 g/mol. The number of rotatable bonds is 8. The molecular weight excluding hydrogens is 466 g/mol. The first-order chi connectivity index (χ1) is 18.0. The summed E-state index contributed by atoms with van der Waals surface area (Å²) < 4.78 is 1.96. The second-order valence-corrected chi connectivity index (χ2v) is 8.69. The molecule has 0 fully saturated rings. The summed E-state index contributed by atoms with van der Waals surface area (Å²) in [6.07, 6.45) is 6.03. The van der Waals surface area contributed by atoms with Gasteiger partial charge in [-0.15, -0.1) is 0 Å². The largest absolute Gasteiger partial charge is 0.361 e. The Hall–Kier alpha value is -5.16. The van der Waals surface area contributed by atoms with Crippen molar-refractivity contribution in [3.63, 3.8) is 0 Å². The third-order valence-corrected chi connectivity index (χ3v) is 6.31. The van der Waals surface area contributed by atoms with Crippen LogP contribution in [0.2, 0.25) is 0 Å². The first-order valence-electron chi connectivity index (χ1n) is 11.8. The normalized spacial score (nSPS) is 11.5. The molecule has 0 aliphatic carbocycles. The molecule has 0 saturated heterocycles. The van der Waals surface area contributed by atoms with Crippen molar-refractivity contribution in [2.75, 3.05) is 6.54 Å². The Morgan fingerprint density at radius 3 is 2.68 bits per heavy atom. The molecule has 37 heavy (non-hydrogen) atoms. The summed E-state index contributed by atoms with van der Waals surface area (Å²) >= 11 is 0. The molecule has 0 unspecified atom stereocenters. The standard InChI is InChI=1S/C29H23N5O3/c30-16-22(29(35)31-13-12-21-17-32-27-10-3-1-8-25(21)27)15-23-19-33(28-11-4-2-9-26(23)28)18-20-6-5-7-24(14-20)34(36)37/h1-11,14-15,17,19,32H,12-13,18H2,(H,31,35)/b22-15-. The van der Waals surface area contributed by atoms with Crippen LogP contribution in [0.3, 0.4) is 0 Å². The number of hydrogen-bond acceptors (Lipinski definition) is 4. The predicted molar refractivity (Wildman–Crippen MR) is 143 cm³/mol. The number of aromatic amines is 1. The van der Waals surface area contributed by atoms with Gasteiger partial charge in [-0.05, 0) is 35.8 Å². The van der Waals surface area contributed by atoms with E-state index in [1.165, 1.54) is 6.07 Å². The third-order valence-electron chi connectivity index (χ3n) is 6.31. The summed E-state index contributed by atoms with van der Waals surface area (Å²) in [5.41, 5.74) is 4.59. The van der Waals surface area contributed by atoms with Gasteiger partial charge in [0.15, 0.2) is 0 Å². The van der Waals surface area contributed by atoms with Crippen LogP contribution in [0.4, 0.5) is 5.69 Å². The number of nitrogens with one attached hydrogen (secondary N) is 2. The molecule has 0 spiro atoms. The van der Waals surface area contributed by atoms with Crippen molar-refractivity contribution in [3.05, 3.63) is 118 Å². The third kappa shape index (κ3) is 4.97. The highest BCUT2D eigenvalue weighted by Crippen LogP contribution is 2.25. The molecule has 2 aromatic heterocycles. The van der Waals surface area contributed by atoms with Gasteiger partial charge in [0.2, 0.25) is 0 Å². The van der Waals surface area contributed by atoms with Gasteiger partial charge in [-0.25, -0.2) is 0 Å². The van der Waals surface area contributed by atoms with Crippen molar-refractivity contribution in [1.82, 2.24) is 14.9 Å². The van der Waals surface area contributed by atoms with Gasteiger partial charge in [-0.2, -0.15) is 5.26 Å². The average molecular weight is 490 g/mol. The van der Waals surface area contributed by atoms with Crippen molar-refractivity contribution >= 4 is 39.5 Å². The summed E-state index contributed by atoms with van der Waals surface area (Å²) in [7, 11) is 0. The number of para-hydroxylation sites is 2. The van der Waals surface area contributed by atoms with E-state index >= 15 is 0 Å². The zero-order valence-electron chi connectivity index (χ0n) is 19.8. The van der Waals surface area contributed by atoms with Gasteiger partial charge < -0.3 is 14.9 Å². The number of nitro groups is 1. The van der Waals surface area contributed by atoms with Gasteiger partial charge in [-0.1, -0.05) is 48.5 Å². The van der Waals surface area contributed by atoms with Gasteiger partial charge in [0, 0.05) is 65.0 Å². The molecule has 2 N–H and O–H groups in total. The summed E-state index contributed by atoms with van der Waals surface area (Å²) in [6.45, 7) is 0.809. The van der Waals surface area contributed by atoms with Crippen LogP contribution in [0.15, 0.2) is 90.8 Å². The summed E-state index contributed by atoms with van der Waals surface area (Å²) in [6, 6.07) is 24.2. The molecule has 5 rings (SSSR count). The number of hydrogen-bond donors (Lipinski definition) is 2. The molecule has 0 atom stereocenters. The second kappa shape index (κ2) is 10.2. The Bertz CT molecular complexity index is 1700. The van der Waals surface area contributed by atoms with Crippen molar-refractivity contribution < 1.29 is 9.72 Å². The molecule has 8 nitrogen and oxygen atoms in total. The van der Waals surface area contributed by atoms with E-state index in [9.17, 15) is 20.2 Å². The number of amides is 1. The SMILES string of the molecule is N#C/C(=C/c1cn(Cc2cccc([N+](=O)[O-])c2)c2ccccc12)C(=O)NCCc1c[nH]c2ccccc12. The molecule has 0 aliphatic rings. The van der Waals surface area contributed by atoms with Crippen LogP contribution in [-0.4, -0.2) is 26.9 Å². The number of H-pyrrole nitrogens is 1. The lowest BCUT2D eigenvalue weighted by Crippen LogP contribution is -2.26. The fourth-order valence-corrected chi connectivity index (χ4v) is 4.53. The molecule has 0 aliphatic heterocycles. The van der Waals surface area contributed by atoms with Crippen molar-refractivity contribution in [1.29, 1.82) is 5.26 Å². The number of carbonyl (C=O) groups excluding carboxylic acids is 1. The topological polar surface area (TPSA) is 117 Å². The molecule has 1 amide bonds. The van der Waals surface area contributed by atoms with Crippen LogP contribution >= 0.6 is 0 Å². The maximum atomic E-state index is 12.8. The maximum Gasteiger partial charge on any atom is 0.269 e. The molecule has 3 aromatic carbocycles. The zero-order chi connectivity index (χ0) is 25.8. The minimum Gasteiger partial charge on any atom is -0.361 e. The van der Waals surface area contributed by atoms with Crippen LogP contribution in [0.25, 0.3) is 27.9 Å². The average Bonchev–Trinajstić information content (AvgIpc) is 3.48. The van der Waals surface area contributed by atoms with Crippen molar-refractivity contribution in [3.8, 4) is 6.07 Å². The lowest BCUT2D eigenvalue weighted by atomic mass is 10.1. The van der Waals surface area contributed by atoms with Crippen LogP contribution in [0, 0.1) is 21.4 Å². The van der Waals surface area contributed by atoms with Crippen LogP contribution < -0.4 is 5.32 Å². The van der Waals surface area contributed by atoms with Crippen molar-refractivity contribution in [2.45, 2.75) is 13.0 Å². The van der Waals surface area contributed by atoms with E-state index in [0.29, 0.717) is 19.5 Å². The van der Waals surface area contributed by atoms with E-state index in [1.807, 2.05) is 77.6 Å². The summed E-state index contributed by atoms with van der Waals surface area (Å²) in [5.74, 6) is -0.433. The highest BCUT2D eigenvalue weighted by atomic mass is 16.6. The maximum absolute atomic E-state index is 12.8. The molecule has 8 heteroatoms. The summed E-state index contributed by atoms with van der Waals surface area (Å²) in [5, 5.41) is 25.7. The van der Waals surface area contributed by atoms with Gasteiger partial charge in [0.1, 0.15) is 11.6 Å². The molecule has 0 radical (unpaired) electrons. The van der Waals surface area contributed by atoms with E-state index in [2.05, 4.69) is 10.3 Å². The Labute approximate surface area is 212 Å². The molecule has 0 bridgehead atoms. The Balaban J connectivity index is 1.35. The highest BCUT2D eigenvalue weighted by Gasteiger charge is 2.14. The number of nitriles is 1. The van der Waals surface area contributed by atoms with Crippen molar-refractivity contribution in [2.24, 2.45) is 0 Å². The highest BCUT2D eigenvalue weighted by molar-refractivity contribution is 6.04. The molecule has 5 aromatic rings. The van der Waals surface area contributed by atoms with Crippen LogP contribution in [-0.2, 0) is 17.8 Å². The number of nitrogens with zero attached hydrogens (tertiary/aromatic N) is 3. The number of nitro benzene ring substituents is 1. The quantitative estimate of drug-likeness (QED) is 0.132. The smallest absolute Gasteiger partial charge is 0.269 e. The molecule has 0 saturated carbocycles. The minimum absolute atomic E-state index is 0.0113. The van der Waals surface area contributed by atoms with E-state index < -0.39 is 10.8 Å². The first kappa shape index (κ1) is 23.6. The van der Waals surface area contributed by atoms with Gasteiger partial charge in [-0.3, -0.25) is 14.9 Å².